The quantitative estimate of drug-likeness (QED) is 0.421. The van der Waals surface area contributed by atoms with Gasteiger partial charge < -0.3 is 9.47 Å². The molecular weight excluding hydrogens is 428 g/mol. The molecule has 3 aromatic rings. The molecule has 1 saturated carbocycles. The number of hydrogen-bond acceptors (Lipinski definition) is 5. The molecule has 2 aliphatic rings. The molecule has 1 aliphatic heterocycles. The summed E-state index contributed by atoms with van der Waals surface area (Å²) in [5.74, 6) is 0.462. The van der Waals surface area contributed by atoms with Crippen molar-refractivity contribution in [3.63, 3.8) is 0 Å². The molecule has 1 atom stereocenters. The molecule has 0 aromatic heterocycles. The van der Waals surface area contributed by atoms with Crippen LogP contribution >= 0.6 is 0 Å². The molecule has 1 aliphatic carbocycles. The maximum absolute atomic E-state index is 13.4. The molecule has 6 heteroatoms. The van der Waals surface area contributed by atoms with E-state index in [0.29, 0.717) is 34.8 Å². The summed E-state index contributed by atoms with van der Waals surface area (Å²) in [7, 11) is 0. The molecule has 5 rings (SSSR count). The second-order valence-corrected chi connectivity index (χ2v) is 8.77. The lowest BCUT2D eigenvalue weighted by Gasteiger charge is -2.26. The maximum Gasteiger partial charge on any atom is 0.262 e. The van der Waals surface area contributed by atoms with Crippen molar-refractivity contribution in [1.82, 2.24) is 4.90 Å². The third-order valence-electron chi connectivity index (χ3n) is 6.63. The molecule has 1 heterocycles. The molecule has 0 bridgehead atoms. The van der Waals surface area contributed by atoms with Gasteiger partial charge in [-0.2, -0.15) is 5.26 Å². The van der Waals surface area contributed by atoms with Crippen LogP contribution < -0.4 is 9.47 Å². The van der Waals surface area contributed by atoms with Gasteiger partial charge in [0.25, 0.3) is 11.8 Å². The Morgan fingerprint density at radius 2 is 1.62 bits per heavy atom. The van der Waals surface area contributed by atoms with Crippen LogP contribution in [0.25, 0.3) is 10.8 Å². The smallest absolute Gasteiger partial charge is 0.262 e. The molecule has 1 fully saturated rings. The van der Waals surface area contributed by atoms with Gasteiger partial charge in [0, 0.05) is 0 Å². The highest BCUT2D eigenvalue weighted by atomic mass is 16.5. The van der Waals surface area contributed by atoms with E-state index in [1.165, 1.54) is 4.90 Å². The van der Waals surface area contributed by atoms with E-state index < -0.39 is 6.04 Å². The van der Waals surface area contributed by atoms with Crippen molar-refractivity contribution in [2.75, 3.05) is 6.61 Å². The van der Waals surface area contributed by atoms with Crippen molar-refractivity contribution in [3.8, 4) is 17.6 Å². The van der Waals surface area contributed by atoms with Crippen molar-refractivity contribution < 1.29 is 19.1 Å². The molecule has 0 radical (unpaired) electrons. The largest absolute Gasteiger partial charge is 0.490 e. The minimum Gasteiger partial charge on any atom is -0.490 e. The lowest BCUT2D eigenvalue weighted by molar-refractivity contribution is 0.0584. The van der Waals surface area contributed by atoms with Gasteiger partial charge in [-0.3, -0.25) is 14.5 Å². The number of hydrogen-bond donors (Lipinski definition) is 0. The third kappa shape index (κ3) is 3.88. The lowest BCUT2D eigenvalue weighted by Crippen LogP contribution is -2.34. The number of nitrogens with zero attached hydrogens (tertiary/aromatic N) is 2. The van der Waals surface area contributed by atoms with E-state index in [-0.39, 0.29) is 24.3 Å². The fraction of sp³-hybridized carbons (Fsp3) is 0.321. The average molecular weight is 455 g/mol. The van der Waals surface area contributed by atoms with E-state index in [0.717, 1.165) is 36.5 Å². The van der Waals surface area contributed by atoms with Crippen molar-refractivity contribution in [3.05, 3.63) is 71.3 Å². The topological polar surface area (TPSA) is 79.6 Å². The average Bonchev–Trinajstić information content (AvgIpc) is 3.44. The van der Waals surface area contributed by atoms with Crippen LogP contribution in [-0.4, -0.2) is 29.4 Å². The Bertz CT molecular complexity index is 1250. The number of rotatable bonds is 7. The van der Waals surface area contributed by atoms with Crippen LogP contribution in [0.2, 0.25) is 0 Å². The van der Waals surface area contributed by atoms with Crippen molar-refractivity contribution in [2.45, 2.75) is 51.2 Å². The van der Waals surface area contributed by atoms with E-state index in [4.69, 9.17) is 9.47 Å². The number of nitriles is 1. The summed E-state index contributed by atoms with van der Waals surface area (Å²) in [6.45, 7) is 2.35. The van der Waals surface area contributed by atoms with Crippen LogP contribution in [0.3, 0.4) is 0 Å². The Labute approximate surface area is 198 Å². The first kappa shape index (κ1) is 22.0. The Balaban J connectivity index is 1.51. The predicted octanol–water partition coefficient (Wildman–Crippen LogP) is 5.81. The highest BCUT2D eigenvalue weighted by Crippen LogP contribution is 2.39. The summed E-state index contributed by atoms with van der Waals surface area (Å²) in [6.07, 6.45) is 4.52. The van der Waals surface area contributed by atoms with E-state index in [1.54, 1.807) is 18.2 Å². The van der Waals surface area contributed by atoms with Crippen LogP contribution in [-0.2, 0) is 0 Å². The molecule has 2 amide bonds. The summed E-state index contributed by atoms with van der Waals surface area (Å²) >= 11 is 0. The maximum atomic E-state index is 13.4. The van der Waals surface area contributed by atoms with Crippen LogP contribution in [0.4, 0.5) is 0 Å². The summed E-state index contributed by atoms with van der Waals surface area (Å²) in [5.41, 5.74) is 1.42. The van der Waals surface area contributed by atoms with Crippen molar-refractivity contribution in [2.24, 2.45) is 0 Å². The number of carbonyl (C=O) groups is 2. The summed E-state index contributed by atoms with van der Waals surface area (Å²) < 4.78 is 12.0. The van der Waals surface area contributed by atoms with Crippen molar-refractivity contribution >= 4 is 22.6 Å². The second kappa shape index (κ2) is 9.18. The highest BCUT2D eigenvalue weighted by molar-refractivity contribution is 6.23. The normalized spacial score (nSPS) is 16.5. The first-order valence-electron chi connectivity index (χ1n) is 11.8. The van der Waals surface area contributed by atoms with E-state index >= 15 is 0 Å². The fourth-order valence-corrected chi connectivity index (χ4v) is 4.96. The van der Waals surface area contributed by atoms with Gasteiger partial charge in [0.15, 0.2) is 11.5 Å². The molecule has 172 valence electrons. The molecule has 0 N–H and O–H groups in total. The van der Waals surface area contributed by atoms with Gasteiger partial charge in [0.05, 0.1) is 42.4 Å². The standard InChI is InChI=1S/C28H26N2O4/c1-2-33-26-17-20(11-12-25(26)34-21-9-5-6-10-21)24(13-14-29)30-27(31)22-15-18-7-3-4-8-19(18)16-23(22)28(30)32/h3-4,7-8,11-12,15-17,21,24H,2,5-6,9-10,13H2,1H3. The van der Waals surface area contributed by atoms with E-state index in [2.05, 4.69) is 6.07 Å². The summed E-state index contributed by atoms with van der Waals surface area (Å²) in [6, 6.07) is 18.0. The number of ether oxygens (including phenoxy) is 2. The minimum atomic E-state index is -0.722. The number of carbonyl (C=O) groups excluding carboxylic acids is 2. The van der Waals surface area contributed by atoms with Crippen LogP contribution in [0.15, 0.2) is 54.6 Å². The second-order valence-electron chi connectivity index (χ2n) is 8.77. The Hall–Kier alpha value is -3.85. The van der Waals surface area contributed by atoms with Gasteiger partial charge in [-0.25, -0.2) is 0 Å². The minimum absolute atomic E-state index is 0.0145. The number of fused-ring (bicyclic) bond motifs is 2. The molecule has 6 nitrogen and oxygen atoms in total. The monoisotopic (exact) mass is 454 g/mol. The van der Waals surface area contributed by atoms with Gasteiger partial charge in [0.1, 0.15) is 0 Å². The number of amides is 2. The van der Waals surface area contributed by atoms with Gasteiger partial charge in [-0.15, -0.1) is 0 Å². The Morgan fingerprint density at radius 1 is 0.971 bits per heavy atom. The van der Waals surface area contributed by atoms with Gasteiger partial charge in [-0.05, 0) is 73.2 Å². The van der Waals surface area contributed by atoms with E-state index in [9.17, 15) is 14.9 Å². The molecule has 3 aromatic carbocycles. The fourth-order valence-electron chi connectivity index (χ4n) is 4.96. The zero-order valence-corrected chi connectivity index (χ0v) is 19.1. The Kier molecular flexibility index (Phi) is 5.93. The van der Waals surface area contributed by atoms with Crippen LogP contribution in [0.5, 0.6) is 11.5 Å². The molecule has 1 unspecified atom stereocenters. The molecular formula is C28H26N2O4. The number of benzene rings is 3. The first-order chi connectivity index (χ1) is 16.6. The predicted molar refractivity (Wildman–Crippen MR) is 128 cm³/mol. The van der Waals surface area contributed by atoms with Crippen LogP contribution in [0.1, 0.15) is 71.3 Å². The van der Waals surface area contributed by atoms with Gasteiger partial charge >= 0.3 is 0 Å². The SMILES string of the molecule is CCOc1cc(C(CC#N)N2C(=O)c3cc4ccccc4cc3C2=O)ccc1OC1CCCC1. The lowest BCUT2D eigenvalue weighted by atomic mass is 10.0. The van der Waals surface area contributed by atoms with E-state index in [1.807, 2.05) is 43.3 Å². The van der Waals surface area contributed by atoms with Crippen molar-refractivity contribution in [1.29, 1.82) is 5.26 Å². The third-order valence-corrected chi connectivity index (χ3v) is 6.63. The first-order valence-corrected chi connectivity index (χ1v) is 11.8. The highest BCUT2D eigenvalue weighted by Gasteiger charge is 2.41. The molecule has 0 spiro atoms. The summed E-state index contributed by atoms with van der Waals surface area (Å²) in [4.78, 5) is 28.0. The zero-order valence-electron chi connectivity index (χ0n) is 19.1. The van der Waals surface area contributed by atoms with Gasteiger partial charge in [0.2, 0.25) is 0 Å². The molecule has 0 saturated heterocycles. The van der Waals surface area contributed by atoms with Gasteiger partial charge in [-0.1, -0.05) is 30.3 Å². The van der Waals surface area contributed by atoms with Crippen LogP contribution in [0, 0.1) is 11.3 Å². The zero-order chi connectivity index (χ0) is 23.7. The molecule has 34 heavy (non-hydrogen) atoms. The summed E-state index contributed by atoms with van der Waals surface area (Å²) in [5, 5.41) is 11.4. The Morgan fingerprint density at radius 3 is 2.21 bits per heavy atom. The number of imide groups is 1.